The lowest BCUT2D eigenvalue weighted by molar-refractivity contribution is 0.0938. The molecule has 1 heterocycles. The lowest BCUT2D eigenvalue weighted by Gasteiger charge is -2.28. The predicted molar refractivity (Wildman–Crippen MR) is 99.9 cm³/mol. The average molecular weight is 356 g/mol. The largest absolute Gasteiger partial charge is 0.494 e. The van der Waals surface area contributed by atoms with Gasteiger partial charge in [-0.1, -0.05) is 12.1 Å². The number of halogens is 1. The van der Waals surface area contributed by atoms with Crippen molar-refractivity contribution in [3.05, 3.63) is 65.5 Å². The first-order valence-electron chi connectivity index (χ1n) is 9.18. The molecule has 1 N–H and O–H groups in total. The number of carbonyl (C=O) groups excluding carboxylic acids is 1. The van der Waals surface area contributed by atoms with Crippen molar-refractivity contribution in [1.29, 1.82) is 0 Å². The van der Waals surface area contributed by atoms with Crippen LogP contribution in [0.25, 0.3) is 0 Å². The van der Waals surface area contributed by atoms with Gasteiger partial charge in [-0.3, -0.25) is 9.69 Å². The average Bonchev–Trinajstić information content (AvgIpc) is 3.18. The summed E-state index contributed by atoms with van der Waals surface area (Å²) in [5.74, 6) is 0.331. The van der Waals surface area contributed by atoms with Crippen LogP contribution in [-0.4, -0.2) is 37.0 Å². The zero-order valence-electron chi connectivity index (χ0n) is 15.1. The van der Waals surface area contributed by atoms with Crippen molar-refractivity contribution in [1.82, 2.24) is 10.2 Å². The number of carbonyl (C=O) groups is 1. The van der Waals surface area contributed by atoms with Gasteiger partial charge in [-0.05, 0) is 74.8 Å². The minimum Gasteiger partial charge on any atom is -0.494 e. The van der Waals surface area contributed by atoms with Gasteiger partial charge in [0.05, 0.1) is 12.6 Å². The number of benzene rings is 2. The minimum absolute atomic E-state index is 0.123. The standard InChI is InChI=1S/C21H25FN2O2/c1-2-26-19-11-7-16(8-12-19)20(24-13-3-4-14-24)15-23-21(25)17-5-9-18(22)10-6-17/h5-12,20H,2-4,13-15H2,1H3,(H,23,25). The first kappa shape index (κ1) is 18.4. The number of hydrogen-bond acceptors (Lipinski definition) is 3. The molecule has 0 aliphatic carbocycles. The van der Waals surface area contributed by atoms with Gasteiger partial charge in [-0.25, -0.2) is 4.39 Å². The Hall–Kier alpha value is -2.40. The predicted octanol–water partition coefficient (Wildman–Crippen LogP) is 3.79. The van der Waals surface area contributed by atoms with Gasteiger partial charge in [0, 0.05) is 12.1 Å². The minimum atomic E-state index is -0.342. The van der Waals surface area contributed by atoms with Crippen LogP contribution in [0.2, 0.25) is 0 Å². The molecule has 1 fully saturated rings. The highest BCUT2D eigenvalue weighted by atomic mass is 19.1. The van der Waals surface area contributed by atoms with Crippen LogP contribution in [0, 0.1) is 5.82 Å². The molecular formula is C21H25FN2O2. The third kappa shape index (κ3) is 4.61. The smallest absolute Gasteiger partial charge is 0.251 e. The third-order valence-electron chi connectivity index (χ3n) is 4.72. The van der Waals surface area contributed by atoms with Gasteiger partial charge in [-0.2, -0.15) is 0 Å². The molecule has 0 aromatic heterocycles. The summed E-state index contributed by atoms with van der Waals surface area (Å²) in [4.78, 5) is 14.8. The molecule has 5 heteroatoms. The first-order chi connectivity index (χ1) is 12.7. The Balaban J connectivity index is 1.69. The molecule has 3 rings (SSSR count). The number of hydrogen-bond donors (Lipinski definition) is 1. The van der Waals surface area contributed by atoms with E-state index in [4.69, 9.17) is 4.74 Å². The molecule has 1 unspecified atom stereocenters. The molecule has 138 valence electrons. The first-order valence-corrected chi connectivity index (χ1v) is 9.18. The van der Waals surface area contributed by atoms with Crippen LogP contribution in [0.5, 0.6) is 5.75 Å². The number of rotatable bonds is 7. The van der Waals surface area contributed by atoms with E-state index in [9.17, 15) is 9.18 Å². The fraction of sp³-hybridized carbons (Fsp3) is 0.381. The summed E-state index contributed by atoms with van der Waals surface area (Å²) in [5, 5.41) is 3.00. The Morgan fingerprint density at radius 3 is 2.38 bits per heavy atom. The van der Waals surface area contributed by atoms with Gasteiger partial charge in [0.2, 0.25) is 0 Å². The van der Waals surface area contributed by atoms with Crippen LogP contribution >= 0.6 is 0 Å². The Morgan fingerprint density at radius 1 is 1.12 bits per heavy atom. The number of ether oxygens (including phenoxy) is 1. The molecule has 0 radical (unpaired) electrons. The van der Waals surface area contributed by atoms with Crippen LogP contribution in [0.3, 0.4) is 0 Å². The highest BCUT2D eigenvalue weighted by Gasteiger charge is 2.24. The Bertz CT molecular complexity index is 710. The Morgan fingerprint density at radius 2 is 1.77 bits per heavy atom. The van der Waals surface area contributed by atoms with Crippen molar-refractivity contribution in [2.24, 2.45) is 0 Å². The Kier molecular flexibility index (Phi) is 6.23. The van der Waals surface area contributed by atoms with Crippen molar-refractivity contribution in [3.8, 4) is 5.75 Å². The number of nitrogens with zero attached hydrogens (tertiary/aromatic N) is 1. The molecule has 2 aromatic rings. The quantitative estimate of drug-likeness (QED) is 0.821. The van der Waals surface area contributed by atoms with Crippen LogP contribution in [0.15, 0.2) is 48.5 Å². The molecule has 0 spiro atoms. The summed E-state index contributed by atoms with van der Waals surface area (Å²) in [6.07, 6.45) is 2.36. The van der Waals surface area contributed by atoms with Gasteiger partial charge >= 0.3 is 0 Å². The highest BCUT2D eigenvalue weighted by Crippen LogP contribution is 2.26. The molecule has 0 bridgehead atoms. The third-order valence-corrected chi connectivity index (χ3v) is 4.72. The molecular weight excluding hydrogens is 331 g/mol. The van der Waals surface area contributed by atoms with E-state index in [0.717, 1.165) is 24.4 Å². The van der Waals surface area contributed by atoms with Crippen LogP contribution in [-0.2, 0) is 0 Å². The van der Waals surface area contributed by atoms with E-state index >= 15 is 0 Å². The fourth-order valence-corrected chi connectivity index (χ4v) is 3.36. The normalized spacial score (nSPS) is 15.6. The van der Waals surface area contributed by atoms with E-state index in [-0.39, 0.29) is 17.8 Å². The monoisotopic (exact) mass is 356 g/mol. The molecule has 26 heavy (non-hydrogen) atoms. The van der Waals surface area contributed by atoms with Crippen LogP contribution < -0.4 is 10.1 Å². The second-order valence-corrected chi connectivity index (χ2v) is 6.48. The van der Waals surface area contributed by atoms with Gasteiger partial charge in [-0.15, -0.1) is 0 Å². The zero-order valence-corrected chi connectivity index (χ0v) is 15.1. The SMILES string of the molecule is CCOc1ccc(C(CNC(=O)c2ccc(F)cc2)N2CCCC2)cc1. The summed E-state index contributed by atoms with van der Waals surface area (Å²) in [5.41, 5.74) is 1.63. The molecule has 4 nitrogen and oxygen atoms in total. The number of likely N-dealkylation sites (tertiary alicyclic amines) is 1. The van der Waals surface area contributed by atoms with Crippen molar-refractivity contribution >= 4 is 5.91 Å². The van der Waals surface area contributed by atoms with Gasteiger partial charge in [0.25, 0.3) is 5.91 Å². The Labute approximate surface area is 154 Å². The van der Waals surface area contributed by atoms with E-state index < -0.39 is 0 Å². The van der Waals surface area contributed by atoms with E-state index in [0.29, 0.717) is 18.7 Å². The summed E-state index contributed by atoms with van der Waals surface area (Å²) in [6.45, 7) is 5.19. The van der Waals surface area contributed by atoms with Crippen molar-refractivity contribution in [2.75, 3.05) is 26.2 Å². The molecule has 1 amide bonds. The van der Waals surface area contributed by atoms with E-state index in [1.807, 2.05) is 19.1 Å². The fourth-order valence-electron chi connectivity index (χ4n) is 3.36. The van der Waals surface area contributed by atoms with E-state index in [2.05, 4.69) is 22.3 Å². The molecule has 1 aliphatic rings. The highest BCUT2D eigenvalue weighted by molar-refractivity contribution is 5.94. The molecule has 1 atom stereocenters. The van der Waals surface area contributed by atoms with Crippen LogP contribution in [0.4, 0.5) is 4.39 Å². The summed E-state index contributed by atoms with van der Waals surface area (Å²) in [6, 6.07) is 13.8. The maximum Gasteiger partial charge on any atom is 0.251 e. The number of nitrogens with one attached hydrogen (secondary N) is 1. The van der Waals surface area contributed by atoms with Crippen molar-refractivity contribution < 1.29 is 13.9 Å². The van der Waals surface area contributed by atoms with Crippen LogP contribution in [0.1, 0.15) is 41.7 Å². The van der Waals surface area contributed by atoms with Gasteiger partial charge in [0.15, 0.2) is 0 Å². The molecule has 1 aliphatic heterocycles. The summed E-state index contributed by atoms with van der Waals surface area (Å²) >= 11 is 0. The summed E-state index contributed by atoms with van der Waals surface area (Å²) < 4.78 is 18.5. The zero-order chi connectivity index (χ0) is 18.4. The molecule has 2 aromatic carbocycles. The van der Waals surface area contributed by atoms with E-state index in [1.165, 1.54) is 37.1 Å². The number of amides is 1. The second-order valence-electron chi connectivity index (χ2n) is 6.48. The second kappa shape index (κ2) is 8.81. The maximum absolute atomic E-state index is 13.0. The van der Waals surface area contributed by atoms with Crippen molar-refractivity contribution in [3.63, 3.8) is 0 Å². The molecule has 1 saturated heterocycles. The van der Waals surface area contributed by atoms with E-state index in [1.54, 1.807) is 0 Å². The van der Waals surface area contributed by atoms with Crippen molar-refractivity contribution in [2.45, 2.75) is 25.8 Å². The summed E-state index contributed by atoms with van der Waals surface area (Å²) in [7, 11) is 0. The lowest BCUT2D eigenvalue weighted by atomic mass is 10.0. The van der Waals surface area contributed by atoms with Gasteiger partial charge in [0.1, 0.15) is 11.6 Å². The lowest BCUT2D eigenvalue weighted by Crippen LogP contribution is -2.36. The maximum atomic E-state index is 13.0. The topological polar surface area (TPSA) is 41.6 Å². The van der Waals surface area contributed by atoms with Gasteiger partial charge < -0.3 is 10.1 Å². The molecule has 0 saturated carbocycles.